The summed E-state index contributed by atoms with van der Waals surface area (Å²) in [4.78, 5) is 20.2. The van der Waals surface area contributed by atoms with Crippen LogP contribution in [0.15, 0.2) is 23.4 Å². The molecule has 0 aliphatic rings. The van der Waals surface area contributed by atoms with Gasteiger partial charge in [-0.2, -0.15) is 4.68 Å². The first-order chi connectivity index (χ1) is 11.6. The molecule has 0 saturated carbocycles. The second-order valence-corrected chi connectivity index (χ2v) is 4.37. The van der Waals surface area contributed by atoms with Gasteiger partial charge in [-0.3, -0.25) is 5.09 Å². The predicted octanol–water partition coefficient (Wildman–Crippen LogP) is -0.543. The van der Waals surface area contributed by atoms with Crippen LogP contribution < -0.4 is 15.2 Å². The molecule has 0 atom stereocenters. The topological polar surface area (TPSA) is 126 Å². The number of hydrogen-bond donors (Lipinski definition) is 1. The summed E-state index contributed by atoms with van der Waals surface area (Å²) in [5.74, 6) is 0.718. The number of aryl methyl sites for hydroxylation is 1. The fraction of sp³-hybridized carbons (Fsp3) is 0.333. The summed E-state index contributed by atoms with van der Waals surface area (Å²) in [5, 5.41) is 12.1. The number of nitrogens with zero attached hydrogens (tertiary/aromatic N) is 7. The zero-order chi connectivity index (χ0) is 17.1. The first-order valence-corrected chi connectivity index (χ1v) is 6.74. The van der Waals surface area contributed by atoms with Crippen LogP contribution in [0.5, 0.6) is 11.8 Å². The molecule has 0 bridgehead atoms. The molecule has 0 aliphatic carbocycles. The highest BCUT2D eigenvalue weighted by Crippen LogP contribution is 2.21. The molecule has 0 aliphatic heterocycles. The van der Waals surface area contributed by atoms with E-state index >= 15 is 0 Å². The third kappa shape index (κ3) is 2.88. The number of ether oxygens (including phenoxy) is 2. The van der Waals surface area contributed by atoms with Gasteiger partial charge in [-0.05, 0) is 17.4 Å². The first-order valence-electron chi connectivity index (χ1n) is 7.18. The number of H-pyrrole nitrogens is 1. The lowest BCUT2D eigenvalue weighted by atomic mass is 10.3. The Bertz CT molecular complexity index is 902. The van der Waals surface area contributed by atoms with Gasteiger partial charge in [0, 0.05) is 19.3 Å². The Morgan fingerprint density at radius 3 is 2.87 bits per heavy atom. The zero-order valence-corrected chi connectivity index (χ0v) is 12.4. The molecular formula is C12H14N8O3. The van der Waals surface area contributed by atoms with Crippen molar-refractivity contribution in [2.45, 2.75) is 13.5 Å². The van der Waals surface area contributed by atoms with Crippen molar-refractivity contribution in [2.75, 3.05) is 6.61 Å². The molecule has 11 nitrogen and oxygen atoms in total. The minimum absolute atomic E-state index is 0.0223. The summed E-state index contributed by atoms with van der Waals surface area (Å²) in [7, 11) is 1.48. The number of rotatable bonds is 6. The normalized spacial score (nSPS) is 11.3. The minimum atomic E-state index is -0.465. The van der Waals surface area contributed by atoms with Crippen molar-refractivity contribution < 1.29 is 10.9 Å². The molecule has 23 heavy (non-hydrogen) atoms. The summed E-state index contributed by atoms with van der Waals surface area (Å²) in [6.45, 7) is 2.16. The third-order valence-electron chi connectivity index (χ3n) is 2.89. The Kier molecular flexibility index (Phi) is 3.65. The molecule has 1 N–H and O–H groups in total. The average Bonchev–Trinajstić information content (AvgIpc) is 3.13. The van der Waals surface area contributed by atoms with Gasteiger partial charge in [0.05, 0.1) is 12.2 Å². The Morgan fingerprint density at radius 2 is 2.22 bits per heavy atom. The van der Waals surface area contributed by atoms with E-state index in [0.717, 1.165) is 14.5 Å². The molecule has 3 aromatic rings. The van der Waals surface area contributed by atoms with Crippen LogP contribution in [0.2, 0.25) is 1.41 Å². The van der Waals surface area contributed by atoms with Gasteiger partial charge in [-0.15, -0.1) is 9.78 Å². The second kappa shape index (κ2) is 6.25. The second-order valence-electron chi connectivity index (χ2n) is 4.37. The summed E-state index contributed by atoms with van der Waals surface area (Å²) < 4.78 is 20.4. The lowest BCUT2D eigenvalue weighted by Crippen LogP contribution is -2.24. The third-order valence-corrected chi connectivity index (χ3v) is 2.89. The smallest absolute Gasteiger partial charge is 0.369 e. The fourth-order valence-electron chi connectivity index (χ4n) is 1.85. The van der Waals surface area contributed by atoms with Crippen molar-refractivity contribution in [3.05, 3.63) is 34.6 Å². The molecular weight excluding hydrogens is 304 g/mol. The van der Waals surface area contributed by atoms with E-state index in [1.54, 1.807) is 0 Å². The minimum Gasteiger partial charge on any atom is -0.478 e. The van der Waals surface area contributed by atoms with Gasteiger partial charge >= 0.3 is 5.69 Å². The van der Waals surface area contributed by atoms with Crippen LogP contribution in [-0.4, -0.2) is 46.6 Å². The van der Waals surface area contributed by atoms with Crippen LogP contribution in [0.25, 0.3) is 5.82 Å². The van der Waals surface area contributed by atoms with E-state index in [2.05, 4.69) is 25.5 Å². The summed E-state index contributed by atoms with van der Waals surface area (Å²) >= 11 is 0. The number of tetrazole rings is 1. The van der Waals surface area contributed by atoms with Crippen molar-refractivity contribution in [2.24, 2.45) is 7.05 Å². The van der Waals surface area contributed by atoms with E-state index in [4.69, 9.17) is 10.9 Å². The van der Waals surface area contributed by atoms with Gasteiger partial charge in [0.1, 0.15) is 12.9 Å². The van der Waals surface area contributed by atoms with Gasteiger partial charge < -0.3 is 9.47 Å². The Morgan fingerprint density at radius 1 is 1.35 bits per heavy atom. The number of hydrogen-bond acceptors (Lipinski definition) is 8. The Hall–Kier alpha value is -3.24. The van der Waals surface area contributed by atoms with E-state index in [1.165, 1.54) is 25.6 Å². The average molecular weight is 320 g/mol. The molecule has 3 heterocycles. The molecule has 0 saturated heterocycles. The monoisotopic (exact) mass is 320 g/mol. The van der Waals surface area contributed by atoms with Crippen LogP contribution >= 0.6 is 0 Å². The number of nitrogens with one attached hydrogen (secondary N) is 1. The van der Waals surface area contributed by atoms with E-state index in [0.29, 0.717) is 12.2 Å². The SMILES string of the molecule is [3H]n1ccc(OCc2c(OCC)ncnc2-n2nnn(C)c2=O)n1. The Balaban J connectivity index is 2.00. The van der Waals surface area contributed by atoms with Crippen molar-refractivity contribution in [1.29, 1.82) is 0 Å². The van der Waals surface area contributed by atoms with Crippen molar-refractivity contribution in [3.8, 4) is 17.6 Å². The molecule has 0 radical (unpaired) electrons. The van der Waals surface area contributed by atoms with E-state index in [9.17, 15) is 4.79 Å². The van der Waals surface area contributed by atoms with Crippen LogP contribution in [0.3, 0.4) is 0 Å². The van der Waals surface area contributed by atoms with E-state index < -0.39 is 5.69 Å². The number of aromatic nitrogens is 8. The van der Waals surface area contributed by atoms with Crippen molar-refractivity contribution >= 4 is 0 Å². The molecule has 0 fully saturated rings. The molecule has 0 spiro atoms. The molecule has 11 heteroatoms. The van der Waals surface area contributed by atoms with E-state index in [-0.39, 0.29) is 24.2 Å². The molecule has 3 aromatic heterocycles. The maximum absolute atomic E-state index is 12.1. The van der Waals surface area contributed by atoms with Crippen LogP contribution in [0.4, 0.5) is 0 Å². The molecule has 3 rings (SSSR count). The quantitative estimate of drug-likeness (QED) is 0.641. The first kappa shape index (κ1) is 13.4. The van der Waals surface area contributed by atoms with Gasteiger partial charge in [0.15, 0.2) is 7.23 Å². The van der Waals surface area contributed by atoms with Crippen molar-refractivity contribution in [1.82, 2.24) is 39.9 Å². The van der Waals surface area contributed by atoms with Gasteiger partial charge in [0.25, 0.3) is 0 Å². The standard InChI is InChI=1S/C12H14N8O3/c1-3-22-11-8(6-23-9-4-5-15-16-9)10(13-7-14-11)20-12(21)19(2)17-18-20/h4-5,7H,3,6H2,1-2H3,(H,15,16)/i/hT. The Labute approximate surface area is 131 Å². The maximum Gasteiger partial charge on any atom is 0.369 e. The maximum atomic E-state index is 12.1. The highest BCUT2D eigenvalue weighted by atomic mass is 16.5. The highest BCUT2D eigenvalue weighted by molar-refractivity contribution is 5.39. The summed E-state index contributed by atoms with van der Waals surface area (Å²) in [5.41, 5.74) is -0.0469. The van der Waals surface area contributed by atoms with Crippen LogP contribution in [-0.2, 0) is 13.7 Å². The van der Waals surface area contributed by atoms with Crippen LogP contribution in [0, 0.1) is 0 Å². The fourth-order valence-corrected chi connectivity index (χ4v) is 1.85. The van der Waals surface area contributed by atoms with E-state index in [1.807, 2.05) is 6.92 Å². The largest absolute Gasteiger partial charge is 0.478 e. The molecule has 0 aromatic carbocycles. The number of aromatic amines is 1. The highest BCUT2D eigenvalue weighted by Gasteiger charge is 2.19. The summed E-state index contributed by atoms with van der Waals surface area (Å²) in [6.07, 6.45) is 2.69. The van der Waals surface area contributed by atoms with Gasteiger partial charge in [-0.25, -0.2) is 14.8 Å². The molecule has 0 unspecified atom stereocenters. The zero-order valence-electron chi connectivity index (χ0n) is 13.4. The summed E-state index contributed by atoms with van der Waals surface area (Å²) in [6, 6.07) is 1.53. The molecule has 120 valence electrons. The predicted molar refractivity (Wildman–Crippen MR) is 76.3 cm³/mol. The van der Waals surface area contributed by atoms with Crippen LogP contribution in [0.1, 0.15) is 12.5 Å². The lowest BCUT2D eigenvalue weighted by molar-refractivity contribution is 0.271. The van der Waals surface area contributed by atoms with Gasteiger partial charge in [-0.1, -0.05) is 0 Å². The van der Waals surface area contributed by atoms with Crippen molar-refractivity contribution in [3.63, 3.8) is 0 Å². The molecule has 0 amide bonds. The lowest BCUT2D eigenvalue weighted by Gasteiger charge is -2.11. The van der Waals surface area contributed by atoms with Gasteiger partial charge in [0.2, 0.25) is 11.8 Å².